The lowest BCUT2D eigenvalue weighted by Crippen LogP contribution is -2.53. The molecule has 0 aromatic heterocycles. The van der Waals surface area contributed by atoms with Crippen LogP contribution in [0, 0.1) is 13.8 Å². The zero-order valence-corrected chi connectivity index (χ0v) is 27.3. The average Bonchev–Trinajstić information content (AvgIpc) is 3.00. The third kappa shape index (κ3) is 8.73. The molecule has 0 aliphatic rings. The van der Waals surface area contributed by atoms with Gasteiger partial charge in [0, 0.05) is 12.6 Å². The second-order valence-corrected chi connectivity index (χ2v) is 13.2. The molecular formula is C36H41N3O5S. The van der Waals surface area contributed by atoms with E-state index in [9.17, 15) is 18.0 Å². The van der Waals surface area contributed by atoms with E-state index < -0.39 is 28.5 Å². The number of ether oxygens (including phenoxy) is 1. The Morgan fingerprint density at radius 2 is 1.44 bits per heavy atom. The van der Waals surface area contributed by atoms with Crippen LogP contribution >= 0.6 is 0 Å². The highest BCUT2D eigenvalue weighted by Crippen LogP contribution is 2.29. The van der Waals surface area contributed by atoms with E-state index in [4.69, 9.17) is 4.74 Å². The largest absolute Gasteiger partial charge is 0.457 e. The summed E-state index contributed by atoms with van der Waals surface area (Å²) >= 11 is 0. The Balaban J connectivity index is 1.73. The Morgan fingerprint density at radius 1 is 0.800 bits per heavy atom. The molecule has 0 radical (unpaired) electrons. The first-order valence-corrected chi connectivity index (χ1v) is 16.5. The van der Waals surface area contributed by atoms with Gasteiger partial charge in [-0.05, 0) is 88.2 Å². The van der Waals surface area contributed by atoms with E-state index >= 15 is 0 Å². The molecule has 0 saturated heterocycles. The molecular weight excluding hydrogens is 586 g/mol. The molecule has 45 heavy (non-hydrogen) atoms. The van der Waals surface area contributed by atoms with Crippen LogP contribution in [0.2, 0.25) is 0 Å². The van der Waals surface area contributed by atoms with Crippen molar-refractivity contribution in [2.75, 3.05) is 10.8 Å². The molecule has 0 spiro atoms. The van der Waals surface area contributed by atoms with Crippen LogP contribution in [0.15, 0.2) is 108 Å². The number of rotatable bonds is 13. The van der Waals surface area contributed by atoms with Crippen LogP contribution in [0.4, 0.5) is 5.69 Å². The van der Waals surface area contributed by atoms with E-state index in [-0.39, 0.29) is 23.4 Å². The summed E-state index contributed by atoms with van der Waals surface area (Å²) in [6, 6.07) is 29.1. The third-order valence-corrected chi connectivity index (χ3v) is 9.03. The maximum absolute atomic E-state index is 14.3. The topological polar surface area (TPSA) is 96.0 Å². The molecule has 4 aromatic carbocycles. The Kier molecular flexibility index (Phi) is 11.0. The third-order valence-electron chi connectivity index (χ3n) is 7.24. The first kappa shape index (κ1) is 33.3. The Hall–Kier alpha value is -4.63. The van der Waals surface area contributed by atoms with Crippen molar-refractivity contribution in [3.8, 4) is 11.5 Å². The van der Waals surface area contributed by atoms with Crippen LogP contribution in [-0.2, 0) is 26.2 Å². The molecule has 4 rings (SSSR count). The molecule has 0 aliphatic heterocycles. The lowest BCUT2D eigenvalue weighted by atomic mass is 10.1. The van der Waals surface area contributed by atoms with Crippen molar-refractivity contribution in [3.05, 3.63) is 120 Å². The van der Waals surface area contributed by atoms with Gasteiger partial charge in [0.1, 0.15) is 24.1 Å². The van der Waals surface area contributed by atoms with Crippen molar-refractivity contribution >= 4 is 27.5 Å². The fraction of sp³-hybridized carbons (Fsp3) is 0.278. The second-order valence-electron chi connectivity index (χ2n) is 11.3. The Morgan fingerprint density at radius 3 is 2.04 bits per heavy atom. The van der Waals surface area contributed by atoms with E-state index in [1.165, 1.54) is 17.0 Å². The normalized spacial score (nSPS) is 12.0. The number of anilines is 1. The van der Waals surface area contributed by atoms with Gasteiger partial charge in [-0.25, -0.2) is 8.42 Å². The highest BCUT2D eigenvalue weighted by Gasteiger charge is 2.34. The minimum atomic E-state index is -4.18. The molecule has 236 valence electrons. The van der Waals surface area contributed by atoms with Crippen LogP contribution in [0.1, 0.15) is 43.9 Å². The number of nitrogens with one attached hydrogen (secondary N) is 1. The van der Waals surface area contributed by atoms with Gasteiger partial charge >= 0.3 is 0 Å². The first-order chi connectivity index (χ1) is 21.5. The molecule has 4 aromatic rings. The molecule has 0 unspecified atom stereocenters. The zero-order chi connectivity index (χ0) is 32.6. The van der Waals surface area contributed by atoms with Crippen molar-refractivity contribution in [2.45, 2.75) is 64.6 Å². The molecule has 0 heterocycles. The Bertz CT molecular complexity index is 1690. The summed E-state index contributed by atoms with van der Waals surface area (Å²) in [6.45, 7) is 9.03. The maximum atomic E-state index is 14.3. The number of benzene rings is 4. The minimum Gasteiger partial charge on any atom is -0.457 e. The molecule has 2 amide bonds. The van der Waals surface area contributed by atoms with Crippen LogP contribution < -0.4 is 14.4 Å². The minimum absolute atomic E-state index is 0.0559. The smallest absolute Gasteiger partial charge is 0.264 e. The van der Waals surface area contributed by atoms with Gasteiger partial charge in [0.15, 0.2) is 0 Å². The average molecular weight is 628 g/mol. The number of sulfonamides is 1. The summed E-state index contributed by atoms with van der Waals surface area (Å²) in [5, 5.41) is 2.92. The predicted molar refractivity (Wildman–Crippen MR) is 178 cm³/mol. The van der Waals surface area contributed by atoms with Gasteiger partial charge in [-0.2, -0.15) is 0 Å². The highest BCUT2D eigenvalue weighted by atomic mass is 32.2. The number of carbonyl (C=O) groups excluding carboxylic acids is 2. The zero-order valence-electron chi connectivity index (χ0n) is 26.4. The predicted octanol–water partition coefficient (Wildman–Crippen LogP) is 6.62. The summed E-state index contributed by atoms with van der Waals surface area (Å²) in [6.07, 6.45) is 0.354. The van der Waals surface area contributed by atoms with Gasteiger partial charge < -0.3 is 15.0 Å². The number of aryl methyl sites for hydroxylation is 2. The molecule has 8 nitrogen and oxygen atoms in total. The van der Waals surface area contributed by atoms with E-state index in [0.29, 0.717) is 23.6 Å². The number of hydrogen-bond donors (Lipinski definition) is 1. The van der Waals surface area contributed by atoms with E-state index in [1.807, 2.05) is 89.2 Å². The number of carbonyl (C=O) groups is 2. The van der Waals surface area contributed by atoms with Crippen molar-refractivity contribution in [1.29, 1.82) is 0 Å². The van der Waals surface area contributed by atoms with Gasteiger partial charge in [0.25, 0.3) is 10.0 Å². The molecule has 0 bridgehead atoms. The lowest BCUT2D eigenvalue weighted by molar-refractivity contribution is -0.140. The molecule has 0 fully saturated rings. The maximum Gasteiger partial charge on any atom is 0.264 e. The fourth-order valence-corrected chi connectivity index (χ4v) is 6.39. The fourth-order valence-electron chi connectivity index (χ4n) is 4.98. The molecule has 1 atom stereocenters. The van der Waals surface area contributed by atoms with Crippen molar-refractivity contribution in [2.24, 2.45) is 0 Å². The van der Waals surface area contributed by atoms with E-state index in [1.54, 1.807) is 36.4 Å². The summed E-state index contributed by atoms with van der Waals surface area (Å²) in [4.78, 5) is 29.1. The van der Waals surface area contributed by atoms with Crippen molar-refractivity contribution < 1.29 is 22.7 Å². The van der Waals surface area contributed by atoms with Gasteiger partial charge in [-0.15, -0.1) is 0 Å². The molecule has 9 heteroatoms. The summed E-state index contributed by atoms with van der Waals surface area (Å²) in [7, 11) is -4.18. The summed E-state index contributed by atoms with van der Waals surface area (Å²) in [5.74, 6) is 0.370. The summed E-state index contributed by atoms with van der Waals surface area (Å²) < 4.78 is 35.3. The van der Waals surface area contributed by atoms with Crippen LogP contribution in [0.5, 0.6) is 11.5 Å². The second kappa shape index (κ2) is 14.9. The highest BCUT2D eigenvalue weighted by molar-refractivity contribution is 7.92. The first-order valence-electron chi connectivity index (χ1n) is 15.1. The van der Waals surface area contributed by atoms with Gasteiger partial charge in [0.2, 0.25) is 11.8 Å². The van der Waals surface area contributed by atoms with E-state index in [2.05, 4.69) is 5.32 Å². The SMILES string of the molecule is CC[C@H](C(=O)NC(C)C)N(Cc1cccc(C)c1)C(=O)CN(c1ccc(Oc2ccccc2)cc1)S(=O)(=O)c1ccc(C)cc1. The molecule has 0 saturated carbocycles. The summed E-state index contributed by atoms with van der Waals surface area (Å²) in [5.41, 5.74) is 3.06. The Labute approximate surface area is 266 Å². The quantitative estimate of drug-likeness (QED) is 0.180. The van der Waals surface area contributed by atoms with E-state index in [0.717, 1.165) is 21.0 Å². The van der Waals surface area contributed by atoms with Gasteiger partial charge in [-0.1, -0.05) is 72.6 Å². The van der Waals surface area contributed by atoms with Gasteiger partial charge in [0.05, 0.1) is 10.6 Å². The molecule has 0 aliphatic carbocycles. The number of hydrogen-bond acceptors (Lipinski definition) is 5. The number of para-hydroxylation sites is 1. The van der Waals surface area contributed by atoms with Crippen molar-refractivity contribution in [1.82, 2.24) is 10.2 Å². The molecule has 1 N–H and O–H groups in total. The lowest BCUT2D eigenvalue weighted by Gasteiger charge is -2.33. The van der Waals surface area contributed by atoms with Crippen LogP contribution in [0.25, 0.3) is 0 Å². The van der Waals surface area contributed by atoms with Crippen LogP contribution in [0.3, 0.4) is 0 Å². The number of amides is 2. The monoisotopic (exact) mass is 627 g/mol. The number of nitrogens with zero attached hydrogens (tertiary/aromatic N) is 2. The standard InChI is InChI=1S/C36H41N3O5S/c1-6-34(36(41)37-26(2)3)38(24-29-12-10-11-28(5)23-29)35(40)25-39(45(42,43)33-21-15-27(4)16-22-33)30-17-19-32(20-18-30)44-31-13-8-7-9-14-31/h7-23,26,34H,6,24-25H2,1-5H3,(H,37,41)/t34-/m1/s1. The van der Waals surface area contributed by atoms with Crippen LogP contribution in [-0.4, -0.2) is 43.8 Å². The van der Waals surface area contributed by atoms with Gasteiger partial charge in [-0.3, -0.25) is 13.9 Å². The van der Waals surface area contributed by atoms with Crippen molar-refractivity contribution in [3.63, 3.8) is 0 Å².